The van der Waals surface area contributed by atoms with Gasteiger partial charge in [-0.15, -0.1) is 0 Å². The molecule has 4 heteroatoms. The van der Waals surface area contributed by atoms with Gasteiger partial charge >= 0.3 is 0 Å². The van der Waals surface area contributed by atoms with Crippen molar-refractivity contribution in [3.63, 3.8) is 0 Å². The average molecular weight is 169 g/mol. The molecule has 1 saturated heterocycles. The van der Waals surface area contributed by atoms with Crippen molar-refractivity contribution < 1.29 is 14.0 Å². The maximum absolute atomic E-state index is 5.56. The van der Waals surface area contributed by atoms with Crippen molar-refractivity contribution in [3.05, 3.63) is 12.5 Å². The summed E-state index contributed by atoms with van der Waals surface area (Å²) >= 11 is 0. The van der Waals surface area contributed by atoms with Crippen LogP contribution in [0.5, 0.6) is 5.75 Å². The predicted octanol–water partition coefficient (Wildman–Crippen LogP) is 1.23. The number of hydrogen-bond acceptors (Lipinski definition) is 4. The second-order valence-electron chi connectivity index (χ2n) is 2.79. The van der Waals surface area contributed by atoms with E-state index in [1.54, 1.807) is 6.20 Å². The van der Waals surface area contributed by atoms with Gasteiger partial charge in [-0.25, -0.2) is 0 Å². The molecule has 0 aliphatic carbocycles. The lowest BCUT2D eigenvalue weighted by Crippen LogP contribution is -2.25. The van der Waals surface area contributed by atoms with Gasteiger partial charge in [0.1, 0.15) is 12.3 Å². The molecule has 2 heterocycles. The van der Waals surface area contributed by atoms with Crippen LogP contribution in [0.1, 0.15) is 12.8 Å². The van der Waals surface area contributed by atoms with E-state index in [2.05, 4.69) is 9.68 Å². The molecule has 66 valence electrons. The molecule has 0 bridgehead atoms. The summed E-state index contributed by atoms with van der Waals surface area (Å²) in [5.74, 6) is 0.710. The molecule has 1 aliphatic rings. The SMILES string of the molecule is c1nocc1OC1CCOCC1. The largest absolute Gasteiger partial charge is 0.485 e. The third-order valence-electron chi connectivity index (χ3n) is 1.88. The molecule has 0 atom stereocenters. The molecule has 0 spiro atoms. The Balaban J connectivity index is 1.86. The minimum absolute atomic E-state index is 0.262. The summed E-state index contributed by atoms with van der Waals surface area (Å²) in [4.78, 5) is 0. The molecule has 4 nitrogen and oxygen atoms in total. The Bertz CT molecular complexity index is 216. The highest BCUT2D eigenvalue weighted by atomic mass is 16.5. The molecule has 0 unspecified atom stereocenters. The highest BCUT2D eigenvalue weighted by Crippen LogP contribution is 2.16. The van der Waals surface area contributed by atoms with E-state index in [-0.39, 0.29) is 6.10 Å². The summed E-state index contributed by atoms with van der Waals surface area (Å²) in [5.41, 5.74) is 0. The highest BCUT2D eigenvalue weighted by Gasteiger charge is 2.15. The van der Waals surface area contributed by atoms with E-state index < -0.39 is 0 Å². The number of hydrogen-bond donors (Lipinski definition) is 0. The van der Waals surface area contributed by atoms with Gasteiger partial charge in [-0.2, -0.15) is 0 Å². The second-order valence-corrected chi connectivity index (χ2v) is 2.79. The molecule has 0 amide bonds. The zero-order valence-electron chi connectivity index (χ0n) is 6.73. The maximum atomic E-state index is 5.56. The van der Waals surface area contributed by atoms with E-state index in [1.165, 1.54) is 6.26 Å². The van der Waals surface area contributed by atoms with E-state index in [9.17, 15) is 0 Å². The third-order valence-corrected chi connectivity index (χ3v) is 1.88. The molecule has 1 aliphatic heterocycles. The van der Waals surface area contributed by atoms with Gasteiger partial charge in [0.05, 0.1) is 13.2 Å². The van der Waals surface area contributed by atoms with E-state index in [4.69, 9.17) is 9.47 Å². The molecular weight excluding hydrogens is 158 g/mol. The van der Waals surface area contributed by atoms with Crippen molar-refractivity contribution in [2.75, 3.05) is 13.2 Å². The summed E-state index contributed by atoms with van der Waals surface area (Å²) in [7, 11) is 0. The van der Waals surface area contributed by atoms with Gasteiger partial charge in [0.25, 0.3) is 0 Å². The van der Waals surface area contributed by atoms with Crippen LogP contribution in [0.3, 0.4) is 0 Å². The van der Waals surface area contributed by atoms with Crippen LogP contribution in [0.15, 0.2) is 17.0 Å². The van der Waals surface area contributed by atoms with Crippen LogP contribution in [0.2, 0.25) is 0 Å². The van der Waals surface area contributed by atoms with Crippen LogP contribution < -0.4 is 4.74 Å². The van der Waals surface area contributed by atoms with Crippen LogP contribution in [0.4, 0.5) is 0 Å². The summed E-state index contributed by atoms with van der Waals surface area (Å²) in [6.45, 7) is 1.58. The van der Waals surface area contributed by atoms with Crippen molar-refractivity contribution in [2.45, 2.75) is 18.9 Å². The van der Waals surface area contributed by atoms with Gasteiger partial charge in [0.2, 0.25) is 0 Å². The van der Waals surface area contributed by atoms with Crippen LogP contribution in [0, 0.1) is 0 Å². The predicted molar refractivity (Wildman–Crippen MR) is 41.0 cm³/mol. The van der Waals surface area contributed by atoms with Crippen LogP contribution in [-0.4, -0.2) is 24.5 Å². The summed E-state index contributed by atoms with van der Waals surface area (Å²) in [6, 6.07) is 0. The lowest BCUT2D eigenvalue weighted by molar-refractivity contribution is 0.0253. The van der Waals surface area contributed by atoms with E-state index in [0.717, 1.165) is 26.1 Å². The first-order valence-electron chi connectivity index (χ1n) is 4.09. The quantitative estimate of drug-likeness (QED) is 0.668. The monoisotopic (exact) mass is 169 g/mol. The number of ether oxygens (including phenoxy) is 2. The fraction of sp³-hybridized carbons (Fsp3) is 0.625. The Morgan fingerprint density at radius 2 is 2.25 bits per heavy atom. The van der Waals surface area contributed by atoms with Gasteiger partial charge in [-0.05, 0) is 0 Å². The Hall–Kier alpha value is -1.03. The smallest absolute Gasteiger partial charge is 0.179 e. The Morgan fingerprint density at radius 1 is 1.42 bits per heavy atom. The first-order chi connectivity index (χ1) is 5.95. The molecule has 2 rings (SSSR count). The highest BCUT2D eigenvalue weighted by molar-refractivity contribution is 5.08. The molecule has 0 radical (unpaired) electrons. The van der Waals surface area contributed by atoms with Crippen molar-refractivity contribution >= 4 is 0 Å². The zero-order chi connectivity index (χ0) is 8.23. The molecule has 0 N–H and O–H groups in total. The van der Waals surface area contributed by atoms with Gasteiger partial charge < -0.3 is 14.0 Å². The molecule has 0 saturated carbocycles. The minimum atomic E-state index is 0.262. The van der Waals surface area contributed by atoms with Gasteiger partial charge in [-0.1, -0.05) is 5.16 Å². The Kier molecular flexibility index (Phi) is 2.27. The van der Waals surface area contributed by atoms with Gasteiger partial charge in [-0.3, -0.25) is 0 Å². The van der Waals surface area contributed by atoms with Crippen molar-refractivity contribution in [1.29, 1.82) is 0 Å². The fourth-order valence-corrected chi connectivity index (χ4v) is 1.24. The van der Waals surface area contributed by atoms with Crippen LogP contribution >= 0.6 is 0 Å². The average Bonchev–Trinajstić information content (AvgIpc) is 2.59. The topological polar surface area (TPSA) is 44.5 Å². The summed E-state index contributed by atoms with van der Waals surface area (Å²) in [5, 5.41) is 3.56. The maximum Gasteiger partial charge on any atom is 0.179 e. The van der Waals surface area contributed by atoms with Gasteiger partial charge in [0.15, 0.2) is 12.0 Å². The first-order valence-corrected chi connectivity index (χ1v) is 4.09. The van der Waals surface area contributed by atoms with Crippen LogP contribution in [0.25, 0.3) is 0 Å². The van der Waals surface area contributed by atoms with E-state index >= 15 is 0 Å². The van der Waals surface area contributed by atoms with Gasteiger partial charge in [0, 0.05) is 12.8 Å². The second kappa shape index (κ2) is 3.58. The molecule has 1 fully saturated rings. The summed E-state index contributed by atoms with van der Waals surface area (Å²) < 4.78 is 15.4. The first kappa shape index (κ1) is 7.61. The van der Waals surface area contributed by atoms with Crippen molar-refractivity contribution in [3.8, 4) is 5.75 Å². The number of rotatable bonds is 2. The third kappa shape index (κ3) is 1.76. The number of nitrogens with zero attached hydrogens (tertiary/aromatic N) is 1. The minimum Gasteiger partial charge on any atom is -0.485 e. The number of aromatic nitrogens is 1. The Labute approximate surface area is 70.4 Å². The zero-order valence-corrected chi connectivity index (χ0v) is 6.73. The molecule has 1 aromatic heterocycles. The molecule has 12 heavy (non-hydrogen) atoms. The lowest BCUT2D eigenvalue weighted by atomic mass is 10.1. The van der Waals surface area contributed by atoms with Crippen LogP contribution in [-0.2, 0) is 4.74 Å². The molecular formula is C8H11NO3. The van der Waals surface area contributed by atoms with Crippen molar-refractivity contribution in [1.82, 2.24) is 5.16 Å². The van der Waals surface area contributed by atoms with E-state index in [0.29, 0.717) is 5.75 Å². The van der Waals surface area contributed by atoms with E-state index in [1.807, 2.05) is 0 Å². The summed E-state index contributed by atoms with van der Waals surface area (Å²) in [6.07, 6.45) is 5.25. The molecule has 1 aromatic rings. The molecule has 0 aromatic carbocycles. The lowest BCUT2D eigenvalue weighted by Gasteiger charge is -2.21. The normalized spacial score (nSPS) is 19.3. The Morgan fingerprint density at radius 3 is 2.92 bits per heavy atom. The fourth-order valence-electron chi connectivity index (χ4n) is 1.24. The standard InChI is InChI=1S/C8H11NO3/c1-3-10-4-2-7(1)12-8-5-9-11-6-8/h5-7H,1-4H2. The van der Waals surface area contributed by atoms with Crippen molar-refractivity contribution in [2.24, 2.45) is 0 Å².